The van der Waals surface area contributed by atoms with Gasteiger partial charge in [-0.1, -0.05) is 42.5 Å². The summed E-state index contributed by atoms with van der Waals surface area (Å²) in [5.74, 6) is -1.25. The van der Waals surface area contributed by atoms with Gasteiger partial charge >= 0.3 is 17.9 Å². The minimum Gasteiger partial charge on any atom is -0.462 e. The van der Waals surface area contributed by atoms with E-state index < -0.39 is 17.9 Å². The summed E-state index contributed by atoms with van der Waals surface area (Å²) in [5, 5.41) is 3.40. The molecule has 2 heterocycles. The van der Waals surface area contributed by atoms with Crippen molar-refractivity contribution in [2.24, 2.45) is 0 Å². The molecule has 0 spiro atoms. The topological polar surface area (TPSA) is 105 Å². The summed E-state index contributed by atoms with van der Waals surface area (Å²) in [5.41, 5.74) is 0.940. The van der Waals surface area contributed by atoms with Crippen molar-refractivity contribution < 1.29 is 32.3 Å². The van der Waals surface area contributed by atoms with Crippen LogP contribution in [0, 0.1) is 6.92 Å². The standard InChI is InChI=1S/C26H23F3N4O5/c1-3-36-25(35)21-22(30-13-17-9-11-19(12-10-17)38-26(27,28)29)20-16(2)31-15-32-23(20)33(24(21)34)37-14-18-7-5-4-6-8-18/h4-12,15,30H,3,13-14H2,1-2H3. The molecule has 4 rings (SSSR count). The Bertz CT molecular complexity index is 1490. The van der Waals surface area contributed by atoms with Gasteiger partial charge in [0.15, 0.2) is 11.2 Å². The van der Waals surface area contributed by atoms with E-state index in [0.29, 0.717) is 16.6 Å². The highest BCUT2D eigenvalue weighted by Gasteiger charge is 2.31. The number of hydrogen-bond acceptors (Lipinski definition) is 8. The minimum absolute atomic E-state index is 0.0194. The fourth-order valence-electron chi connectivity index (χ4n) is 3.74. The third-order valence-electron chi connectivity index (χ3n) is 5.42. The van der Waals surface area contributed by atoms with Crippen LogP contribution < -0.4 is 20.5 Å². The molecule has 0 aliphatic carbocycles. The van der Waals surface area contributed by atoms with E-state index in [4.69, 9.17) is 9.57 Å². The van der Waals surface area contributed by atoms with E-state index in [-0.39, 0.29) is 42.4 Å². The number of esters is 1. The highest BCUT2D eigenvalue weighted by atomic mass is 19.4. The maximum Gasteiger partial charge on any atom is 0.573 e. The maximum absolute atomic E-state index is 13.6. The molecule has 38 heavy (non-hydrogen) atoms. The first kappa shape index (κ1) is 26.5. The molecule has 0 aliphatic heterocycles. The van der Waals surface area contributed by atoms with Crippen LogP contribution in [-0.4, -0.2) is 33.6 Å². The van der Waals surface area contributed by atoms with Crippen molar-refractivity contribution >= 4 is 22.7 Å². The highest BCUT2D eigenvalue weighted by Crippen LogP contribution is 2.28. The lowest BCUT2D eigenvalue weighted by Gasteiger charge is -2.19. The predicted octanol–water partition coefficient (Wildman–Crippen LogP) is 4.42. The molecule has 2 aromatic heterocycles. The number of aryl methyl sites for hydroxylation is 1. The van der Waals surface area contributed by atoms with Crippen molar-refractivity contribution in [2.75, 3.05) is 11.9 Å². The maximum atomic E-state index is 13.6. The van der Waals surface area contributed by atoms with Crippen molar-refractivity contribution in [2.45, 2.75) is 33.4 Å². The number of ether oxygens (including phenoxy) is 2. The van der Waals surface area contributed by atoms with E-state index in [9.17, 15) is 22.8 Å². The molecule has 0 atom stereocenters. The largest absolute Gasteiger partial charge is 0.573 e. The lowest BCUT2D eigenvalue weighted by molar-refractivity contribution is -0.274. The Kier molecular flexibility index (Phi) is 7.79. The van der Waals surface area contributed by atoms with E-state index >= 15 is 0 Å². The van der Waals surface area contributed by atoms with Crippen LogP contribution in [0.15, 0.2) is 65.7 Å². The third kappa shape index (κ3) is 6.02. The van der Waals surface area contributed by atoms with Gasteiger partial charge in [0.25, 0.3) is 0 Å². The SMILES string of the molecule is CCOC(=O)c1c(NCc2ccc(OC(F)(F)F)cc2)c2c(C)ncnc2n(OCc2ccccc2)c1=O. The molecule has 1 N–H and O–H groups in total. The van der Waals surface area contributed by atoms with Gasteiger partial charge in [-0.2, -0.15) is 0 Å². The van der Waals surface area contributed by atoms with Crippen molar-refractivity contribution in [3.63, 3.8) is 0 Å². The smallest absolute Gasteiger partial charge is 0.462 e. The number of pyridine rings is 1. The zero-order chi connectivity index (χ0) is 27.3. The second kappa shape index (κ2) is 11.2. The number of nitrogens with one attached hydrogen (secondary N) is 1. The lowest BCUT2D eigenvalue weighted by atomic mass is 10.1. The molecule has 2 aromatic carbocycles. The number of halogens is 3. The lowest BCUT2D eigenvalue weighted by Crippen LogP contribution is -2.34. The van der Waals surface area contributed by atoms with Gasteiger partial charge in [0.05, 0.1) is 23.4 Å². The molecular formula is C26H23F3N4O5. The van der Waals surface area contributed by atoms with Crippen molar-refractivity contribution in [1.82, 2.24) is 14.7 Å². The molecule has 0 radical (unpaired) electrons. The second-order valence-corrected chi connectivity index (χ2v) is 8.03. The fourth-order valence-corrected chi connectivity index (χ4v) is 3.74. The molecule has 198 valence electrons. The van der Waals surface area contributed by atoms with Gasteiger partial charge < -0.3 is 19.6 Å². The minimum atomic E-state index is -4.81. The number of nitrogens with zero attached hydrogens (tertiary/aromatic N) is 3. The number of fused-ring (bicyclic) bond motifs is 1. The second-order valence-electron chi connectivity index (χ2n) is 8.03. The number of benzene rings is 2. The number of hydrogen-bond donors (Lipinski definition) is 1. The Labute approximate surface area is 214 Å². The molecule has 0 saturated carbocycles. The fraction of sp³-hybridized carbons (Fsp3) is 0.231. The van der Waals surface area contributed by atoms with Crippen LogP contribution in [0.5, 0.6) is 5.75 Å². The van der Waals surface area contributed by atoms with E-state index in [1.54, 1.807) is 13.8 Å². The van der Waals surface area contributed by atoms with E-state index in [1.165, 1.54) is 30.6 Å². The molecular weight excluding hydrogens is 505 g/mol. The third-order valence-corrected chi connectivity index (χ3v) is 5.42. The Hall–Kier alpha value is -4.61. The zero-order valence-electron chi connectivity index (χ0n) is 20.4. The molecule has 4 aromatic rings. The predicted molar refractivity (Wildman–Crippen MR) is 132 cm³/mol. The van der Waals surface area contributed by atoms with Crippen LogP contribution in [0.25, 0.3) is 11.0 Å². The Morgan fingerprint density at radius 3 is 2.39 bits per heavy atom. The van der Waals surface area contributed by atoms with Crippen molar-refractivity contribution in [3.8, 4) is 5.75 Å². The average molecular weight is 528 g/mol. The molecule has 0 fully saturated rings. The molecule has 9 nitrogen and oxygen atoms in total. The molecule has 12 heteroatoms. The van der Waals surface area contributed by atoms with Crippen molar-refractivity contribution in [1.29, 1.82) is 0 Å². The van der Waals surface area contributed by atoms with Crippen molar-refractivity contribution in [3.05, 3.63) is 93.7 Å². The van der Waals surface area contributed by atoms with Gasteiger partial charge in [0, 0.05) is 6.54 Å². The van der Waals surface area contributed by atoms with Crippen LogP contribution in [0.2, 0.25) is 0 Å². The number of carbonyl (C=O) groups excluding carboxylic acids is 1. The monoisotopic (exact) mass is 528 g/mol. The quantitative estimate of drug-likeness (QED) is 0.319. The van der Waals surface area contributed by atoms with E-state index in [0.717, 1.165) is 10.3 Å². The van der Waals surface area contributed by atoms with Crippen LogP contribution >= 0.6 is 0 Å². The van der Waals surface area contributed by atoms with E-state index in [2.05, 4.69) is 20.0 Å². The van der Waals surface area contributed by atoms with E-state index in [1.807, 2.05) is 30.3 Å². The molecule has 0 unspecified atom stereocenters. The van der Waals surface area contributed by atoms with Gasteiger partial charge in [-0.05, 0) is 37.1 Å². The average Bonchev–Trinajstić information content (AvgIpc) is 2.87. The Morgan fingerprint density at radius 1 is 1.03 bits per heavy atom. The number of rotatable bonds is 9. The van der Waals surface area contributed by atoms with Gasteiger partial charge in [0.2, 0.25) is 0 Å². The molecule has 0 amide bonds. The van der Waals surface area contributed by atoms with Crippen LogP contribution in [0.4, 0.5) is 18.9 Å². The molecule has 0 bridgehead atoms. The summed E-state index contributed by atoms with van der Waals surface area (Å²) in [6.07, 6.45) is -3.54. The first-order valence-corrected chi connectivity index (χ1v) is 11.5. The summed E-state index contributed by atoms with van der Waals surface area (Å²) in [6.45, 7) is 3.39. The number of carbonyl (C=O) groups is 1. The molecule has 0 saturated heterocycles. The molecule has 0 aliphatic rings. The number of aromatic nitrogens is 3. The highest BCUT2D eigenvalue weighted by molar-refractivity contribution is 6.04. The summed E-state index contributed by atoms with van der Waals surface area (Å²) >= 11 is 0. The van der Waals surface area contributed by atoms with Gasteiger partial charge in [-0.3, -0.25) is 4.79 Å². The van der Waals surface area contributed by atoms with Crippen LogP contribution in [-0.2, 0) is 17.9 Å². The Balaban J connectivity index is 1.75. The zero-order valence-corrected chi connectivity index (χ0v) is 20.4. The van der Waals surface area contributed by atoms with Crippen LogP contribution in [0.3, 0.4) is 0 Å². The summed E-state index contributed by atoms with van der Waals surface area (Å²) < 4.78 is 47.4. The summed E-state index contributed by atoms with van der Waals surface area (Å²) in [7, 11) is 0. The van der Waals surface area contributed by atoms with Gasteiger partial charge in [-0.15, -0.1) is 17.9 Å². The normalized spacial score (nSPS) is 11.3. The number of anilines is 1. The van der Waals surface area contributed by atoms with Gasteiger partial charge in [-0.25, -0.2) is 14.8 Å². The summed E-state index contributed by atoms with van der Waals surface area (Å²) in [4.78, 5) is 40.8. The summed E-state index contributed by atoms with van der Waals surface area (Å²) in [6, 6.07) is 14.3. The van der Waals surface area contributed by atoms with Crippen LogP contribution in [0.1, 0.15) is 34.1 Å². The Morgan fingerprint density at radius 2 is 1.74 bits per heavy atom. The first-order chi connectivity index (χ1) is 18.2. The van der Waals surface area contributed by atoms with Gasteiger partial charge in [0.1, 0.15) is 18.7 Å². The first-order valence-electron chi connectivity index (χ1n) is 11.5. The number of alkyl halides is 3.